The Kier molecular flexibility index (Phi) is 3.97. The molecule has 0 spiro atoms. The molecule has 3 rings (SSSR count). The van der Waals surface area contributed by atoms with Crippen molar-refractivity contribution in [3.8, 4) is 0 Å². The molecule has 3 heteroatoms. The number of Topliss-reactive ketones (excluding diaryl/α,β-unsaturated/α-hetero) is 1. The van der Waals surface area contributed by atoms with Gasteiger partial charge in [0.15, 0.2) is 6.20 Å². The van der Waals surface area contributed by atoms with Crippen LogP contribution in [0.5, 0.6) is 0 Å². The molecule has 0 bridgehead atoms. The molecule has 102 valence electrons. The van der Waals surface area contributed by atoms with E-state index in [-0.39, 0.29) is 5.78 Å². The Morgan fingerprint density at radius 3 is 2.70 bits per heavy atom. The molecule has 0 unspecified atom stereocenters. The number of fused-ring (bicyclic) bond motifs is 1. The first-order valence-electron chi connectivity index (χ1n) is 7.03. The van der Waals surface area contributed by atoms with Crippen molar-refractivity contribution in [2.75, 3.05) is 0 Å². The SMILES string of the molecule is O=C(C[n+]1ccccc1Br)c1ccc2c(c1)CCCC2. The maximum atomic E-state index is 12.4. The predicted molar refractivity (Wildman–Crippen MR) is 81.8 cm³/mol. The van der Waals surface area contributed by atoms with Crippen LogP contribution in [0.15, 0.2) is 47.2 Å². The average molecular weight is 331 g/mol. The molecular weight excluding hydrogens is 314 g/mol. The zero-order valence-corrected chi connectivity index (χ0v) is 12.9. The topological polar surface area (TPSA) is 20.9 Å². The van der Waals surface area contributed by atoms with Crippen LogP contribution in [0.1, 0.15) is 34.3 Å². The normalized spacial score (nSPS) is 13.8. The molecule has 2 nitrogen and oxygen atoms in total. The number of benzene rings is 1. The van der Waals surface area contributed by atoms with E-state index in [0.29, 0.717) is 6.54 Å². The Bertz CT molecular complexity index is 651. The lowest BCUT2D eigenvalue weighted by Gasteiger charge is -2.15. The monoisotopic (exact) mass is 330 g/mol. The smallest absolute Gasteiger partial charge is 0.248 e. The van der Waals surface area contributed by atoms with E-state index in [1.165, 1.54) is 24.0 Å². The van der Waals surface area contributed by atoms with Gasteiger partial charge in [0, 0.05) is 33.6 Å². The number of aromatic nitrogens is 1. The summed E-state index contributed by atoms with van der Waals surface area (Å²) in [7, 11) is 0. The van der Waals surface area contributed by atoms with Crippen LogP contribution in [0, 0.1) is 0 Å². The predicted octanol–water partition coefficient (Wildman–Crippen LogP) is 3.50. The lowest BCUT2D eigenvalue weighted by Crippen LogP contribution is -2.38. The minimum Gasteiger partial charge on any atom is -0.287 e. The van der Waals surface area contributed by atoms with E-state index >= 15 is 0 Å². The number of pyridine rings is 1. The van der Waals surface area contributed by atoms with Crippen LogP contribution in [-0.4, -0.2) is 5.78 Å². The average Bonchev–Trinajstić information content (AvgIpc) is 2.49. The summed E-state index contributed by atoms with van der Waals surface area (Å²) in [5.74, 6) is 0.162. The van der Waals surface area contributed by atoms with E-state index in [9.17, 15) is 4.79 Å². The van der Waals surface area contributed by atoms with Gasteiger partial charge in [-0.15, -0.1) is 0 Å². The number of carbonyl (C=O) groups is 1. The molecule has 20 heavy (non-hydrogen) atoms. The van der Waals surface area contributed by atoms with Crippen molar-refractivity contribution in [1.29, 1.82) is 0 Å². The first-order chi connectivity index (χ1) is 9.74. The van der Waals surface area contributed by atoms with E-state index in [2.05, 4.69) is 28.1 Å². The number of rotatable bonds is 3. The molecular formula is C17H17BrNO+. The second kappa shape index (κ2) is 5.88. The molecule has 1 heterocycles. The second-order valence-electron chi connectivity index (χ2n) is 5.27. The van der Waals surface area contributed by atoms with E-state index in [1.807, 2.05) is 35.0 Å². The minimum atomic E-state index is 0.162. The summed E-state index contributed by atoms with van der Waals surface area (Å²) in [6.07, 6.45) is 6.69. The standard InChI is InChI=1S/C17H17BrNO/c18-17-7-3-4-10-19(17)12-16(20)15-9-8-13-5-1-2-6-14(13)11-15/h3-4,7-11H,1-2,5-6,12H2/q+1. The molecule has 0 N–H and O–H groups in total. The number of nitrogens with zero attached hydrogens (tertiary/aromatic N) is 1. The summed E-state index contributed by atoms with van der Waals surface area (Å²) >= 11 is 3.47. The van der Waals surface area contributed by atoms with Crippen LogP contribution in [0.25, 0.3) is 0 Å². The zero-order chi connectivity index (χ0) is 13.9. The van der Waals surface area contributed by atoms with Crippen molar-refractivity contribution in [1.82, 2.24) is 0 Å². The molecule has 1 aromatic carbocycles. The van der Waals surface area contributed by atoms with Crippen molar-refractivity contribution >= 4 is 21.7 Å². The third-order valence-electron chi connectivity index (χ3n) is 3.87. The largest absolute Gasteiger partial charge is 0.287 e. The minimum absolute atomic E-state index is 0.162. The van der Waals surface area contributed by atoms with Crippen LogP contribution in [0.2, 0.25) is 0 Å². The number of hydrogen-bond donors (Lipinski definition) is 0. The van der Waals surface area contributed by atoms with Crippen molar-refractivity contribution < 1.29 is 9.36 Å². The maximum Gasteiger partial charge on any atom is 0.248 e. The fourth-order valence-corrected chi connectivity index (χ4v) is 3.13. The molecule has 0 amide bonds. The summed E-state index contributed by atoms with van der Waals surface area (Å²) in [6, 6.07) is 12.0. The summed E-state index contributed by atoms with van der Waals surface area (Å²) < 4.78 is 2.84. The fraction of sp³-hybridized carbons (Fsp3) is 0.294. The molecule has 0 aliphatic heterocycles. The van der Waals surface area contributed by atoms with Crippen LogP contribution in [0.4, 0.5) is 0 Å². The lowest BCUT2D eigenvalue weighted by atomic mass is 9.90. The van der Waals surface area contributed by atoms with Crippen molar-refractivity contribution in [2.24, 2.45) is 0 Å². The van der Waals surface area contributed by atoms with Crippen LogP contribution in [-0.2, 0) is 19.4 Å². The quantitative estimate of drug-likeness (QED) is 0.479. The summed E-state index contributed by atoms with van der Waals surface area (Å²) in [5.41, 5.74) is 3.61. The van der Waals surface area contributed by atoms with E-state index in [0.717, 1.165) is 23.0 Å². The second-order valence-corrected chi connectivity index (χ2v) is 6.08. The van der Waals surface area contributed by atoms with Crippen LogP contribution >= 0.6 is 15.9 Å². The highest BCUT2D eigenvalue weighted by Gasteiger charge is 2.17. The molecule has 2 aromatic rings. The third-order valence-corrected chi connectivity index (χ3v) is 4.59. The number of ketones is 1. The highest BCUT2D eigenvalue weighted by Crippen LogP contribution is 2.22. The van der Waals surface area contributed by atoms with E-state index in [1.54, 1.807) is 0 Å². The number of halogens is 1. The molecule has 0 fully saturated rings. The molecule has 0 radical (unpaired) electrons. The van der Waals surface area contributed by atoms with E-state index in [4.69, 9.17) is 0 Å². The van der Waals surface area contributed by atoms with Gasteiger partial charge in [-0.3, -0.25) is 4.79 Å². The fourth-order valence-electron chi connectivity index (χ4n) is 2.74. The molecule has 1 aliphatic rings. The first-order valence-corrected chi connectivity index (χ1v) is 7.82. The highest BCUT2D eigenvalue weighted by atomic mass is 79.9. The Balaban J connectivity index is 1.82. The van der Waals surface area contributed by atoms with Gasteiger partial charge in [0.2, 0.25) is 16.9 Å². The van der Waals surface area contributed by atoms with Gasteiger partial charge in [-0.25, -0.2) is 0 Å². The van der Waals surface area contributed by atoms with Gasteiger partial charge in [0.05, 0.1) is 0 Å². The number of aryl methyl sites for hydroxylation is 2. The number of hydrogen-bond acceptors (Lipinski definition) is 1. The van der Waals surface area contributed by atoms with Crippen molar-refractivity contribution in [3.05, 3.63) is 63.9 Å². The van der Waals surface area contributed by atoms with Crippen molar-refractivity contribution in [2.45, 2.75) is 32.2 Å². The molecule has 1 aromatic heterocycles. The summed E-state index contributed by atoms with van der Waals surface area (Å²) in [5, 5.41) is 0. The van der Waals surface area contributed by atoms with Gasteiger partial charge in [0.25, 0.3) is 0 Å². The van der Waals surface area contributed by atoms with Gasteiger partial charge in [-0.2, -0.15) is 4.57 Å². The summed E-state index contributed by atoms with van der Waals surface area (Å²) in [4.78, 5) is 12.4. The van der Waals surface area contributed by atoms with Crippen molar-refractivity contribution in [3.63, 3.8) is 0 Å². The zero-order valence-electron chi connectivity index (χ0n) is 11.3. The van der Waals surface area contributed by atoms with Crippen LogP contribution < -0.4 is 4.57 Å². The Labute approximate surface area is 127 Å². The Morgan fingerprint density at radius 1 is 1.10 bits per heavy atom. The summed E-state index contributed by atoms with van der Waals surface area (Å²) in [6.45, 7) is 0.375. The Hall–Kier alpha value is -1.48. The number of carbonyl (C=O) groups excluding carboxylic acids is 1. The lowest BCUT2D eigenvalue weighted by molar-refractivity contribution is -0.694. The van der Waals surface area contributed by atoms with Gasteiger partial charge in [-0.1, -0.05) is 12.1 Å². The molecule has 0 saturated carbocycles. The van der Waals surface area contributed by atoms with Gasteiger partial charge < -0.3 is 0 Å². The molecule has 0 atom stereocenters. The third kappa shape index (κ3) is 2.83. The first kappa shape index (κ1) is 13.5. The molecule has 0 saturated heterocycles. The van der Waals surface area contributed by atoms with Crippen LogP contribution in [0.3, 0.4) is 0 Å². The van der Waals surface area contributed by atoms with Gasteiger partial charge in [0.1, 0.15) is 0 Å². The van der Waals surface area contributed by atoms with Gasteiger partial charge >= 0.3 is 0 Å². The molecule has 1 aliphatic carbocycles. The van der Waals surface area contributed by atoms with Gasteiger partial charge in [-0.05, 0) is 48.9 Å². The maximum absolute atomic E-state index is 12.4. The van der Waals surface area contributed by atoms with E-state index < -0.39 is 0 Å². The Morgan fingerprint density at radius 2 is 1.90 bits per heavy atom. The highest BCUT2D eigenvalue weighted by molar-refractivity contribution is 9.10.